The van der Waals surface area contributed by atoms with Crippen molar-refractivity contribution in [2.75, 3.05) is 0 Å². The smallest absolute Gasteiger partial charge is 0.255 e. The fourth-order valence-corrected chi connectivity index (χ4v) is 1.55. The minimum absolute atomic E-state index is 0.0230. The normalized spacial score (nSPS) is 12.1. The van der Waals surface area contributed by atoms with Crippen molar-refractivity contribution in [3.8, 4) is 5.75 Å². The molecule has 0 bridgehead atoms. The lowest BCUT2D eigenvalue weighted by Gasteiger charge is -2.12. The topological polar surface area (TPSA) is 78.0 Å². The first kappa shape index (κ1) is 12.1. The third kappa shape index (κ3) is 2.48. The lowest BCUT2D eigenvalue weighted by atomic mass is 10.1. The zero-order chi connectivity index (χ0) is 13.1. The number of carbonyl (C=O) groups excluding carboxylic acids is 1. The number of benzene rings is 1. The van der Waals surface area contributed by atoms with Gasteiger partial charge in [-0.25, -0.2) is 9.37 Å². The highest BCUT2D eigenvalue weighted by molar-refractivity contribution is 5.96. The number of amides is 1. The van der Waals surface area contributed by atoms with Gasteiger partial charge in [0.15, 0.2) is 0 Å². The zero-order valence-electron chi connectivity index (χ0n) is 9.64. The van der Waals surface area contributed by atoms with Gasteiger partial charge in [-0.15, -0.1) is 0 Å². The van der Waals surface area contributed by atoms with E-state index in [0.717, 1.165) is 12.1 Å². The molecule has 1 amide bonds. The molecule has 0 spiro atoms. The number of phenols is 1. The summed E-state index contributed by atoms with van der Waals surface area (Å²) in [5.41, 5.74) is 0.0230. The van der Waals surface area contributed by atoms with Crippen molar-refractivity contribution in [1.82, 2.24) is 15.3 Å². The maximum Gasteiger partial charge on any atom is 0.255 e. The van der Waals surface area contributed by atoms with E-state index in [0.29, 0.717) is 5.82 Å². The molecule has 0 radical (unpaired) electrons. The van der Waals surface area contributed by atoms with Crippen LogP contribution in [0.5, 0.6) is 5.75 Å². The third-order valence-electron chi connectivity index (χ3n) is 2.48. The molecule has 2 rings (SSSR count). The molecule has 94 valence electrons. The van der Waals surface area contributed by atoms with E-state index in [4.69, 9.17) is 0 Å². The molecule has 2 aromatic rings. The molecule has 1 unspecified atom stereocenters. The lowest BCUT2D eigenvalue weighted by Crippen LogP contribution is -2.27. The van der Waals surface area contributed by atoms with E-state index in [1.807, 2.05) is 0 Å². The summed E-state index contributed by atoms with van der Waals surface area (Å²) in [4.78, 5) is 18.7. The number of imidazole rings is 1. The van der Waals surface area contributed by atoms with Crippen LogP contribution in [0.25, 0.3) is 0 Å². The van der Waals surface area contributed by atoms with E-state index in [2.05, 4.69) is 15.3 Å². The Morgan fingerprint density at radius 1 is 1.56 bits per heavy atom. The second kappa shape index (κ2) is 4.87. The average molecular weight is 249 g/mol. The van der Waals surface area contributed by atoms with Gasteiger partial charge in [0.25, 0.3) is 5.91 Å². The largest absolute Gasteiger partial charge is 0.507 e. The van der Waals surface area contributed by atoms with Gasteiger partial charge >= 0.3 is 0 Å². The second-order valence-electron chi connectivity index (χ2n) is 3.83. The van der Waals surface area contributed by atoms with E-state index in [-0.39, 0.29) is 17.4 Å². The highest BCUT2D eigenvalue weighted by atomic mass is 19.1. The van der Waals surface area contributed by atoms with Crippen LogP contribution in [-0.4, -0.2) is 21.0 Å². The molecule has 1 aromatic carbocycles. The Kier molecular flexibility index (Phi) is 3.27. The number of aromatic nitrogens is 2. The third-order valence-corrected chi connectivity index (χ3v) is 2.48. The van der Waals surface area contributed by atoms with Crippen molar-refractivity contribution in [3.63, 3.8) is 0 Å². The van der Waals surface area contributed by atoms with Crippen molar-refractivity contribution in [2.24, 2.45) is 0 Å². The fraction of sp³-hybridized carbons (Fsp3) is 0.167. The number of nitrogens with zero attached hydrogens (tertiary/aromatic N) is 1. The molecular weight excluding hydrogens is 237 g/mol. The number of carbonyl (C=O) groups is 1. The predicted molar refractivity (Wildman–Crippen MR) is 62.5 cm³/mol. The van der Waals surface area contributed by atoms with Gasteiger partial charge in [-0.3, -0.25) is 4.79 Å². The predicted octanol–water partition coefficient (Wildman–Crippen LogP) is 1.75. The van der Waals surface area contributed by atoms with Gasteiger partial charge in [-0.1, -0.05) is 0 Å². The standard InChI is InChI=1S/C12H12FN3O2/c1-7(11-14-4-5-15-11)16-12(18)9-3-2-8(13)6-10(9)17/h2-7,17H,1H3,(H,14,15)(H,16,18). The van der Waals surface area contributed by atoms with Gasteiger partial charge < -0.3 is 15.4 Å². The summed E-state index contributed by atoms with van der Waals surface area (Å²) in [6, 6.07) is 2.91. The maximum atomic E-state index is 12.8. The van der Waals surface area contributed by atoms with Crippen LogP contribution in [0.3, 0.4) is 0 Å². The van der Waals surface area contributed by atoms with Crippen molar-refractivity contribution in [2.45, 2.75) is 13.0 Å². The van der Waals surface area contributed by atoms with Crippen molar-refractivity contribution in [3.05, 3.63) is 47.8 Å². The lowest BCUT2D eigenvalue weighted by molar-refractivity contribution is 0.0935. The number of aromatic amines is 1. The van der Waals surface area contributed by atoms with Gasteiger partial charge in [0, 0.05) is 18.5 Å². The molecule has 0 fully saturated rings. The maximum absolute atomic E-state index is 12.8. The fourth-order valence-electron chi connectivity index (χ4n) is 1.55. The minimum atomic E-state index is -0.594. The Morgan fingerprint density at radius 2 is 2.33 bits per heavy atom. The molecular formula is C12H12FN3O2. The number of hydrogen-bond donors (Lipinski definition) is 3. The van der Waals surface area contributed by atoms with E-state index in [1.165, 1.54) is 6.07 Å². The Balaban J connectivity index is 2.12. The monoisotopic (exact) mass is 249 g/mol. The van der Waals surface area contributed by atoms with Crippen LogP contribution in [0.1, 0.15) is 29.1 Å². The summed E-state index contributed by atoms with van der Waals surface area (Å²) < 4.78 is 12.8. The molecule has 6 heteroatoms. The van der Waals surface area contributed by atoms with E-state index < -0.39 is 11.7 Å². The molecule has 0 aliphatic heterocycles. The van der Waals surface area contributed by atoms with Crippen molar-refractivity contribution in [1.29, 1.82) is 0 Å². The number of halogens is 1. The number of aromatic hydroxyl groups is 1. The first-order chi connectivity index (χ1) is 8.58. The second-order valence-corrected chi connectivity index (χ2v) is 3.83. The number of rotatable bonds is 3. The van der Waals surface area contributed by atoms with Crippen LogP contribution in [0.4, 0.5) is 4.39 Å². The molecule has 18 heavy (non-hydrogen) atoms. The van der Waals surface area contributed by atoms with Gasteiger partial charge in [-0.05, 0) is 19.1 Å². The van der Waals surface area contributed by atoms with Gasteiger partial charge in [-0.2, -0.15) is 0 Å². The molecule has 0 saturated heterocycles. The van der Waals surface area contributed by atoms with Crippen LogP contribution in [0, 0.1) is 5.82 Å². The zero-order valence-corrected chi connectivity index (χ0v) is 9.64. The van der Waals surface area contributed by atoms with Gasteiger partial charge in [0.1, 0.15) is 17.4 Å². The summed E-state index contributed by atoms with van der Waals surface area (Å²) in [7, 11) is 0. The van der Waals surface area contributed by atoms with Crippen LogP contribution < -0.4 is 5.32 Å². The molecule has 0 aliphatic rings. The van der Waals surface area contributed by atoms with Crippen molar-refractivity contribution >= 4 is 5.91 Å². The number of nitrogens with one attached hydrogen (secondary N) is 2. The molecule has 0 saturated carbocycles. The van der Waals surface area contributed by atoms with Crippen LogP contribution in [-0.2, 0) is 0 Å². The van der Waals surface area contributed by atoms with Crippen LogP contribution >= 0.6 is 0 Å². The Morgan fingerprint density at radius 3 is 2.94 bits per heavy atom. The highest BCUT2D eigenvalue weighted by Crippen LogP contribution is 2.19. The van der Waals surface area contributed by atoms with Crippen molar-refractivity contribution < 1.29 is 14.3 Å². The Labute approximate surface area is 103 Å². The summed E-state index contributed by atoms with van der Waals surface area (Å²) in [5.74, 6) is -0.872. The summed E-state index contributed by atoms with van der Waals surface area (Å²) in [6.45, 7) is 1.75. The Bertz CT molecular complexity index is 554. The first-order valence-corrected chi connectivity index (χ1v) is 5.36. The van der Waals surface area contributed by atoms with Crippen LogP contribution in [0.15, 0.2) is 30.6 Å². The average Bonchev–Trinajstić information content (AvgIpc) is 2.81. The number of hydrogen-bond acceptors (Lipinski definition) is 3. The summed E-state index contributed by atoms with van der Waals surface area (Å²) in [5, 5.41) is 12.1. The Hall–Kier alpha value is -2.37. The highest BCUT2D eigenvalue weighted by Gasteiger charge is 2.16. The van der Waals surface area contributed by atoms with E-state index >= 15 is 0 Å². The molecule has 1 aromatic heterocycles. The van der Waals surface area contributed by atoms with Gasteiger partial charge in [0.05, 0.1) is 11.6 Å². The minimum Gasteiger partial charge on any atom is -0.507 e. The van der Waals surface area contributed by atoms with E-state index in [9.17, 15) is 14.3 Å². The summed E-state index contributed by atoms with van der Waals surface area (Å²) in [6.07, 6.45) is 3.22. The first-order valence-electron chi connectivity index (χ1n) is 5.36. The molecule has 1 atom stereocenters. The van der Waals surface area contributed by atoms with E-state index in [1.54, 1.807) is 19.3 Å². The quantitative estimate of drug-likeness (QED) is 0.775. The molecule has 1 heterocycles. The molecule has 5 nitrogen and oxygen atoms in total. The molecule has 0 aliphatic carbocycles. The number of H-pyrrole nitrogens is 1. The number of phenolic OH excluding ortho intramolecular Hbond substituents is 1. The van der Waals surface area contributed by atoms with Crippen LogP contribution in [0.2, 0.25) is 0 Å². The van der Waals surface area contributed by atoms with Gasteiger partial charge in [0.2, 0.25) is 0 Å². The molecule has 3 N–H and O–H groups in total. The SMILES string of the molecule is CC(NC(=O)c1ccc(F)cc1O)c1ncc[nH]1. The summed E-state index contributed by atoms with van der Waals surface area (Å²) >= 11 is 0.